The summed E-state index contributed by atoms with van der Waals surface area (Å²) in [5.74, 6) is -0.473. The number of carbonyl (C=O) groups excluding carboxylic acids is 1. The molecule has 0 fully saturated rings. The highest BCUT2D eigenvalue weighted by Gasteiger charge is 2.33. The SMILES string of the molecule is CC(=O)OCc1ccc(Cl)cc1N([C@H](C)c1ccccc1CCCn1ccnc1)S(=O)(=O)c1ccc(Cl)cc1. The molecule has 0 aliphatic carbocycles. The second-order valence-corrected chi connectivity index (χ2v) is 11.8. The van der Waals surface area contributed by atoms with Crippen LogP contribution in [0.4, 0.5) is 5.69 Å². The number of hydrogen-bond acceptors (Lipinski definition) is 5. The monoisotopic (exact) mass is 585 g/mol. The van der Waals surface area contributed by atoms with Crippen molar-refractivity contribution in [2.24, 2.45) is 0 Å². The Labute approximate surface area is 239 Å². The molecule has 0 bridgehead atoms. The zero-order valence-corrected chi connectivity index (χ0v) is 24.0. The minimum Gasteiger partial charge on any atom is -0.461 e. The summed E-state index contributed by atoms with van der Waals surface area (Å²) < 4.78 is 37.2. The quantitative estimate of drug-likeness (QED) is 0.180. The second-order valence-electron chi connectivity index (χ2n) is 9.09. The number of benzene rings is 3. The lowest BCUT2D eigenvalue weighted by Crippen LogP contribution is -2.35. The van der Waals surface area contributed by atoms with E-state index in [9.17, 15) is 13.2 Å². The number of imidazole rings is 1. The van der Waals surface area contributed by atoms with E-state index < -0.39 is 22.0 Å². The average Bonchev–Trinajstić information content (AvgIpc) is 3.42. The molecule has 0 saturated heterocycles. The smallest absolute Gasteiger partial charge is 0.302 e. The van der Waals surface area contributed by atoms with Gasteiger partial charge in [0.2, 0.25) is 0 Å². The molecule has 0 saturated carbocycles. The molecule has 204 valence electrons. The van der Waals surface area contributed by atoms with E-state index in [4.69, 9.17) is 27.9 Å². The van der Waals surface area contributed by atoms with E-state index >= 15 is 0 Å². The van der Waals surface area contributed by atoms with Gasteiger partial charge in [0.1, 0.15) is 6.61 Å². The van der Waals surface area contributed by atoms with Crippen molar-refractivity contribution in [1.29, 1.82) is 0 Å². The van der Waals surface area contributed by atoms with E-state index in [0.29, 0.717) is 21.3 Å². The van der Waals surface area contributed by atoms with Crippen LogP contribution in [0.15, 0.2) is 90.3 Å². The molecule has 0 aliphatic rings. The van der Waals surface area contributed by atoms with Crippen LogP contribution in [0.2, 0.25) is 10.0 Å². The van der Waals surface area contributed by atoms with Crippen molar-refractivity contribution in [2.75, 3.05) is 4.31 Å². The van der Waals surface area contributed by atoms with E-state index in [1.807, 2.05) is 42.0 Å². The molecule has 7 nitrogen and oxygen atoms in total. The maximum atomic E-state index is 14.3. The Hall–Kier alpha value is -3.33. The third-order valence-electron chi connectivity index (χ3n) is 6.36. The minimum absolute atomic E-state index is 0.0785. The Morgan fingerprint density at radius 3 is 2.44 bits per heavy atom. The first-order chi connectivity index (χ1) is 18.7. The predicted molar refractivity (Wildman–Crippen MR) is 153 cm³/mol. The number of sulfonamides is 1. The summed E-state index contributed by atoms with van der Waals surface area (Å²) in [6, 6.07) is 18.1. The van der Waals surface area contributed by atoms with Crippen molar-refractivity contribution in [1.82, 2.24) is 9.55 Å². The molecule has 10 heteroatoms. The van der Waals surface area contributed by atoms with Gasteiger partial charge in [-0.1, -0.05) is 53.5 Å². The molecule has 1 atom stereocenters. The first kappa shape index (κ1) is 28.7. The van der Waals surface area contributed by atoms with Crippen LogP contribution in [-0.4, -0.2) is 23.9 Å². The number of anilines is 1. The Morgan fingerprint density at radius 2 is 1.74 bits per heavy atom. The van der Waals surface area contributed by atoms with Crippen LogP contribution in [0.1, 0.15) is 43.0 Å². The van der Waals surface area contributed by atoms with Gasteiger partial charge in [-0.15, -0.1) is 0 Å². The van der Waals surface area contributed by atoms with Crippen LogP contribution in [0.25, 0.3) is 0 Å². The number of nitrogens with zero attached hydrogens (tertiary/aromatic N) is 3. The first-order valence-corrected chi connectivity index (χ1v) is 14.6. The molecular formula is C29H29Cl2N3O4S. The van der Waals surface area contributed by atoms with Crippen molar-refractivity contribution in [3.05, 3.63) is 112 Å². The van der Waals surface area contributed by atoms with Gasteiger partial charge in [-0.25, -0.2) is 13.4 Å². The lowest BCUT2D eigenvalue weighted by atomic mass is 9.97. The van der Waals surface area contributed by atoms with E-state index in [1.54, 1.807) is 42.9 Å². The van der Waals surface area contributed by atoms with Crippen LogP contribution in [0.5, 0.6) is 0 Å². The normalized spacial score (nSPS) is 12.2. The lowest BCUT2D eigenvalue weighted by molar-refractivity contribution is -0.142. The summed E-state index contributed by atoms with van der Waals surface area (Å²) in [5.41, 5.74) is 2.74. The molecule has 0 aliphatic heterocycles. The summed E-state index contributed by atoms with van der Waals surface area (Å²) in [7, 11) is -4.11. The number of ether oxygens (including phenoxy) is 1. The van der Waals surface area contributed by atoms with Gasteiger partial charge in [0, 0.05) is 41.5 Å². The Morgan fingerprint density at radius 1 is 1.03 bits per heavy atom. The van der Waals surface area contributed by atoms with Gasteiger partial charge >= 0.3 is 5.97 Å². The molecule has 1 heterocycles. The van der Waals surface area contributed by atoms with Crippen molar-refractivity contribution >= 4 is 44.9 Å². The average molecular weight is 587 g/mol. The maximum absolute atomic E-state index is 14.3. The van der Waals surface area contributed by atoms with Crippen molar-refractivity contribution in [2.45, 2.75) is 50.8 Å². The molecule has 1 aromatic heterocycles. The fourth-order valence-electron chi connectivity index (χ4n) is 4.48. The molecule has 4 aromatic rings. The standard InChI is InChI=1S/C29H29Cl2N3O4S/c1-21(28-8-4-3-6-23(28)7-5-16-33-17-15-32-20-33)34(39(36,37)27-13-11-25(30)12-14-27)29-18-26(31)10-9-24(29)19-38-22(2)35/h3-4,6,8-15,17-18,20-21H,5,7,16,19H2,1-2H3/t21-/m1/s1. The first-order valence-electron chi connectivity index (χ1n) is 12.4. The van der Waals surface area contributed by atoms with Gasteiger partial charge in [-0.2, -0.15) is 0 Å². The van der Waals surface area contributed by atoms with Crippen molar-refractivity contribution in [3.8, 4) is 0 Å². The fraction of sp³-hybridized carbons (Fsp3) is 0.241. The van der Waals surface area contributed by atoms with Crippen molar-refractivity contribution in [3.63, 3.8) is 0 Å². The maximum Gasteiger partial charge on any atom is 0.302 e. The molecule has 0 radical (unpaired) electrons. The third-order valence-corrected chi connectivity index (χ3v) is 8.75. The van der Waals surface area contributed by atoms with Gasteiger partial charge < -0.3 is 9.30 Å². The molecule has 39 heavy (non-hydrogen) atoms. The number of carbonyl (C=O) groups is 1. The van der Waals surface area contributed by atoms with Gasteiger partial charge in [-0.3, -0.25) is 9.10 Å². The number of rotatable bonds is 11. The second kappa shape index (κ2) is 12.7. The van der Waals surface area contributed by atoms with Gasteiger partial charge in [0.05, 0.1) is 23.0 Å². The lowest BCUT2D eigenvalue weighted by Gasteiger charge is -2.33. The van der Waals surface area contributed by atoms with Gasteiger partial charge in [-0.05, 0) is 67.3 Å². The number of halogens is 2. The van der Waals surface area contributed by atoms with Crippen LogP contribution >= 0.6 is 23.2 Å². The topological polar surface area (TPSA) is 81.5 Å². The van der Waals surface area contributed by atoms with E-state index in [0.717, 1.165) is 30.5 Å². The number of aromatic nitrogens is 2. The van der Waals surface area contributed by atoms with Gasteiger partial charge in [0.15, 0.2) is 0 Å². The summed E-state index contributed by atoms with van der Waals surface area (Å²) in [6.45, 7) is 3.84. The summed E-state index contributed by atoms with van der Waals surface area (Å²) in [4.78, 5) is 15.8. The number of hydrogen-bond donors (Lipinski definition) is 0. The predicted octanol–water partition coefficient (Wildman–Crippen LogP) is 6.84. The molecule has 3 aromatic carbocycles. The van der Waals surface area contributed by atoms with Crippen LogP contribution < -0.4 is 4.31 Å². The highest BCUT2D eigenvalue weighted by atomic mass is 35.5. The highest BCUT2D eigenvalue weighted by molar-refractivity contribution is 7.92. The Bertz CT molecular complexity index is 1520. The fourth-order valence-corrected chi connectivity index (χ4v) is 6.44. The Kier molecular flexibility index (Phi) is 9.32. The largest absolute Gasteiger partial charge is 0.461 e. The van der Waals surface area contributed by atoms with E-state index in [-0.39, 0.29) is 11.5 Å². The van der Waals surface area contributed by atoms with E-state index in [1.165, 1.54) is 23.4 Å². The summed E-state index contributed by atoms with van der Waals surface area (Å²) >= 11 is 12.4. The molecule has 0 N–H and O–H groups in total. The summed E-state index contributed by atoms with van der Waals surface area (Å²) in [5, 5.41) is 0.781. The van der Waals surface area contributed by atoms with Crippen molar-refractivity contribution < 1.29 is 17.9 Å². The zero-order chi connectivity index (χ0) is 28.0. The third kappa shape index (κ3) is 7.01. The molecule has 0 unspecified atom stereocenters. The molecular weight excluding hydrogens is 557 g/mol. The van der Waals surface area contributed by atoms with Gasteiger partial charge in [0.25, 0.3) is 10.0 Å². The highest BCUT2D eigenvalue weighted by Crippen LogP contribution is 2.38. The van der Waals surface area contributed by atoms with Crippen LogP contribution in [-0.2, 0) is 39.1 Å². The molecule has 4 rings (SSSR count). The Balaban J connectivity index is 1.79. The summed E-state index contributed by atoms with van der Waals surface area (Å²) in [6.07, 6.45) is 7.02. The molecule has 0 amide bonds. The minimum atomic E-state index is -4.11. The van der Waals surface area contributed by atoms with Crippen LogP contribution in [0.3, 0.4) is 0 Å². The zero-order valence-electron chi connectivity index (χ0n) is 21.6. The number of esters is 1. The van der Waals surface area contributed by atoms with Crippen LogP contribution in [0, 0.1) is 0 Å². The molecule has 0 spiro atoms. The number of aryl methyl sites for hydroxylation is 2. The van der Waals surface area contributed by atoms with E-state index in [2.05, 4.69) is 4.98 Å².